The van der Waals surface area contributed by atoms with Crippen molar-refractivity contribution in [3.8, 4) is 45.8 Å². The van der Waals surface area contributed by atoms with Crippen LogP contribution < -0.4 is 14.2 Å². The fourth-order valence-corrected chi connectivity index (χ4v) is 14.2. The average Bonchev–Trinajstić information content (AvgIpc) is 3.31. The lowest BCUT2D eigenvalue weighted by molar-refractivity contribution is 0.298. The van der Waals surface area contributed by atoms with Crippen LogP contribution in [0.25, 0.3) is 22.8 Å². The normalized spacial score (nSPS) is 11.9. The second kappa shape index (κ2) is 30.7. The quantitative estimate of drug-likeness (QED) is 0.0332. The third kappa shape index (κ3) is 21.3. The Morgan fingerprint density at radius 3 is 1.14 bits per heavy atom. The van der Waals surface area contributed by atoms with Crippen LogP contribution in [0.15, 0.2) is 60.9 Å². The highest BCUT2D eigenvalue weighted by molar-refractivity contribution is 6.77. The molecule has 2 aromatic heterocycles. The Kier molecular flexibility index (Phi) is 25.5. The van der Waals surface area contributed by atoms with Crippen LogP contribution in [0.1, 0.15) is 167 Å². The number of hydrogen-bond acceptors (Lipinski definition) is 7. The highest BCUT2D eigenvalue weighted by atomic mass is 28.3. The Balaban J connectivity index is 1.40. The van der Waals surface area contributed by atoms with E-state index in [2.05, 4.69) is 78.1 Å². The smallest absolute Gasteiger partial charge is 0.159 e. The van der Waals surface area contributed by atoms with Gasteiger partial charge in [0.25, 0.3) is 0 Å². The van der Waals surface area contributed by atoms with Crippen molar-refractivity contribution < 1.29 is 14.2 Å². The molecule has 4 rings (SSSR count). The van der Waals surface area contributed by atoms with Crippen molar-refractivity contribution in [3.63, 3.8) is 0 Å². The van der Waals surface area contributed by atoms with Gasteiger partial charge < -0.3 is 14.2 Å². The summed E-state index contributed by atoms with van der Waals surface area (Å²) in [6.45, 7) is 20.8. The van der Waals surface area contributed by atoms with Gasteiger partial charge >= 0.3 is 0 Å². The van der Waals surface area contributed by atoms with E-state index in [1.54, 1.807) is 0 Å². The molecule has 7 nitrogen and oxygen atoms in total. The molecule has 4 aromatic rings. The van der Waals surface area contributed by atoms with Crippen molar-refractivity contribution in [1.29, 1.82) is 0 Å². The first-order chi connectivity index (χ1) is 31.6. The van der Waals surface area contributed by atoms with Crippen LogP contribution in [0.4, 0.5) is 0 Å². The molecule has 0 N–H and O–H groups in total. The summed E-state index contributed by atoms with van der Waals surface area (Å²) in [4.78, 5) is 19.8. The van der Waals surface area contributed by atoms with Crippen molar-refractivity contribution >= 4 is 16.1 Å². The van der Waals surface area contributed by atoms with Crippen LogP contribution in [0.5, 0.6) is 23.0 Å². The van der Waals surface area contributed by atoms with Gasteiger partial charge in [-0.3, -0.25) is 0 Å². The second-order valence-electron chi connectivity index (χ2n) is 20.3. The minimum Gasteiger partial charge on any atom is -0.490 e. The summed E-state index contributed by atoms with van der Waals surface area (Å²) < 4.78 is 19.0. The van der Waals surface area contributed by atoms with Gasteiger partial charge in [-0.05, 0) is 87.1 Å². The summed E-state index contributed by atoms with van der Waals surface area (Å²) in [6.07, 6.45) is 30.6. The van der Waals surface area contributed by atoms with Gasteiger partial charge in [-0.25, -0.2) is 19.9 Å². The third-order valence-electron chi connectivity index (χ3n) is 13.1. The van der Waals surface area contributed by atoms with E-state index in [9.17, 15) is 0 Å². The van der Waals surface area contributed by atoms with Gasteiger partial charge in [-0.15, -0.1) is 0 Å². The zero-order chi connectivity index (χ0) is 46.6. The first-order valence-corrected chi connectivity index (χ1v) is 33.3. The Labute approximate surface area is 399 Å². The van der Waals surface area contributed by atoms with Crippen LogP contribution in [0.3, 0.4) is 0 Å². The van der Waals surface area contributed by atoms with E-state index in [1.807, 2.05) is 36.7 Å². The fraction of sp³-hybridized carbons (Fsp3) is 0.643. The highest BCUT2D eigenvalue weighted by Crippen LogP contribution is 2.31. The molecule has 0 saturated heterocycles. The largest absolute Gasteiger partial charge is 0.490 e. The van der Waals surface area contributed by atoms with E-state index in [1.165, 1.54) is 127 Å². The van der Waals surface area contributed by atoms with Crippen molar-refractivity contribution in [1.82, 2.24) is 19.9 Å². The summed E-state index contributed by atoms with van der Waals surface area (Å²) in [5.41, 5.74) is 4.01. The van der Waals surface area contributed by atoms with E-state index in [4.69, 9.17) is 34.1 Å². The zero-order valence-corrected chi connectivity index (χ0v) is 44.6. The number of aromatic nitrogens is 4. The molecule has 360 valence electrons. The van der Waals surface area contributed by atoms with Crippen molar-refractivity contribution in [2.75, 3.05) is 13.2 Å². The van der Waals surface area contributed by atoms with Crippen LogP contribution in [0.2, 0.25) is 50.4 Å². The molecule has 65 heavy (non-hydrogen) atoms. The Morgan fingerprint density at radius 1 is 0.400 bits per heavy atom. The maximum absolute atomic E-state index is 6.34. The molecule has 0 spiro atoms. The molecule has 9 heteroatoms. The van der Waals surface area contributed by atoms with Crippen molar-refractivity contribution in [2.24, 2.45) is 0 Å². The van der Waals surface area contributed by atoms with Gasteiger partial charge in [-0.1, -0.05) is 181 Å². The fourth-order valence-electron chi connectivity index (χ4n) is 8.65. The lowest BCUT2D eigenvalue weighted by atomic mass is 10.1. The predicted octanol–water partition coefficient (Wildman–Crippen LogP) is 17.5. The number of aryl methyl sites for hydroxylation is 2. The molecule has 0 saturated carbocycles. The molecule has 0 fully saturated rings. The molecule has 0 unspecified atom stereocenters. The van der Waals surface area contributed by atoms with Gasteiger partial charge in [0.15, 0.2) is 23.1 Å². The SMILES string of the molecule is CCCCCCCCOc1cnc(-c2ccc(Oc3ccc(-c4ncc(OCCCCCCCC)c(CCCC[Si](C)(C)CCCC)n4)cc3)cc2)nc1CCCC[Si](C)(C)CCCC. The van der Waals surface area contributed by atoms with Crippen molar-refractivity contribution in [2.45, 2.75) is 219 Å². The minimum atomic E-state index is -1.14. The van der Waals surface area contributed by atoms with E-state index in [0.29, 0.717) is 0 Å². The van der Waals surface area contributed by atoms with E-state index < -0.39 is 16.1 Å². The summed E-state index contributed by atoms with van der Waals surface area (Å²) in [5.74, 6) is 4.69. The van der Waals surface area contributed by atoms with Gasteiger partial charge in [0.1, 0.15) is 11.5 Å². The van der Waals surface area contributed by atoms with Crippen LogP contribution in [-0.2, 0) is 12.8 Å². The van der Waals surface area contributed by atoms with Crippen LogP contribution >= 0.6 is 0 Å². The van der Waals surface area contributed by atoms with E-state index in [-0.39, 0.29) is 0 Å². The van der Waals surface area contributed by atoms with E-state index in [0.717, 1.165) is 109 Å². The van der Waals surface area contributed by atoms with Gasteiger partial charge in [0, 0.05) is 27.3 Å². The summed E-state index contributed by atoms with van der Waals surface area (Å²) >= 11 is 0. The van der Waals surface area contributed by atoms with Crippen molar-refractivity contribution in [3.05, 3.63) is 72.3 Å². The topological polar surface area (TPSA) is 79.2 Å². The number of rotatable bonds is 36. The molecule has 0 aliphatic heterocycles. The highest BCUT2D eigenvalue weighted by Gasteiger charge is 2.21. The molecule has 0 aliphatic carbocycles. The lowest BCUT2D eigenvalue weighted by Crippen LogP contribution is -2.24. The second-order valence-corrected chi connectivity index (χ2v) is 31.0. The molecule has 2 aromatic carbocycles. The molecule has 0 bridgehead atoms. The number of benzene rings is 2. The standard InChI is InChI=1S/C56H90N4O3Si2/c1-9-13-17-19-21-25-39-61-53-45-57-55(59-51(53)29-23-27-43-64(5,6)41-15-11-3)47-31-35-49(36-32-47)63-50-37-33-48(34-38-50)56-58-46-54(62-40-26-22-20-18-14-10-2)52(60-56)30-24-28-44-65(7,8)42-16-12-4/h31-38,45-46H,9-30,39-44H2,1-8H3. The number of unbranched alkanes of at least 4 members (excludes halogenated alkanes) is 14. The first-order valence-electron chi connectivity index (χ1n) is 26.4. The van der Waals surface area contributed by atoms with Gasteiger partial charge in [-0.2, -0.15) is 0 Å². The van der Waals surface area contributed by atoms with Crippen LogP contribution in [-0.4, -0.2) is 49.3 Å². The third-order valence-corrected chi connectivity index (χ3v) is 19.9. The maximum Gasteiger partial charge on any atom is 0.159 e. The molecule has 2 heterocycles. The maximum atomic E-state index is 6.34. The Hall–Kier alpha value is -3.57. The summed E-state index contributed by atoms with van der Waals surface area (Å²) in [5, 5.41) is 0. The molecule has 0 radical (unpaired) electrons. The Bertz CT molecular complexity index is 1730. The van der Waals surface area contributed by atoms with E-state index >= 15 is 0 Å². The number of ether oxygens (including phenoxy) is 3. The van der Waals surface area contributed by atoms with Gasteiger partial charge in [0.05, 0.1) is 37.0 Å². The summed E-state index contributed by atoms with van der Waals surface area (Å²) in [7, 11) is -2.29. The number of nitrogens with zero attached hydrogens (tertiary/aromatic N) is 4. The minimum absolute atomic E-state index is 0.722. The Morgan fingerprint density at radius 2 is 0.754 bits per heavy atom. The van der Waals surface area contributed by atoms with Gasteiger partial charge in [0.2, 0.25) is 0 Å². The number of hydrogen-bond donors (Lipinski definition) is 0. The lowest BCUT2D eigenvalue weighted by Gasteiger charge is -2.22. The predicted molar refractivity (Wildman–Crippen MR) is 283 cm³/mol. The monoisotopic (exact) mass is 923 g/mol. The molecule has 0 aliphatic rings. The van der Waals surface area contributed by atoms with Crippen LogP contribution in [0, 0.1) is 0 Å². The molecular weight excluding hydrogens is 833 g/mol. The first kappa shape index (κ1) is 54.0. The zero-order valence-electron chi connectivity index (χ0n) is 42.6. The molecule has 0 atom stereocenters. The average molecular weight is 924 g/mol. The molecular formula is C56H90N4O3Si2. The molecule has 0 amide bonds. The summed E-state index contributed by atoms with van der Waals surface area (Å²) in [6, 6.07) is 21.9.